The molecule has 0 saturated carbocycles. The fourth-order valence-corrected chi connectivity index (χ4v) is 7.58. The summed E-state index contributed by atoms with van der Waals surface area (Å²) in [6.07, 6.45) is 4.44. The van der Waals surface area contributed by atoms with E-state index in [1.165, 1.54) is 8.61 Å². The Hall–Kier alpha value is -3.08. The Balaban J connectivity index is 1.69. The van der Waals surface area contributed by atoms with E-state index in [4.69, 9.17) is 0 Å². The van der Waals surface area contributed by atoms with Gasteiger partial charge in [-0.3, -0.25) is 4.90 Å². The van der Waals surface area contributed by atoms with Crippen molar-refractivity contribution in [1.29, 1.82) is 0 Å². The van der Waals surface area contributed by atoms with Crippen LogP contribution in [-0.2, 0) is 26.6 Å². The van der Waals surface area contributed by atoms with E-state index in [0.29, 0.717) is 45.6 Å². The monoisotopic (exact) mass is 609 g/mol. The van der Waals surface area contributed by atoms with Gasteiger partial charge in [-0.1, -0.05) is 77.9 Å². The van der Waals surface area contributed by atoms with Crippen LogP contribution in [0.1, 0.15) is 29.5 Å². The summed E-state index contributed by atoms with van der Waals surface area (Å²) in [5.74, 6) is 0. The number of benzene rings is 3. The summed E-state index contributed by atoms with van der Waals surface area (Å²) in [6.45, 7) is 14.5. The van der Waals surface area contributed by atoms with Gasteiger partial charge in [0, 0.05) is 32.7 Å². The summed E-state index contributed by atoms with van der Waals surface area (Å²) < 4.78 is 56.3. The van der Waals surface area contributed by atoms with E-state index in [1.54, 1.807) is 60.7 Å². The van der Waals surface area contributed by atoms with E-state index in [9.17, 15) is 16.8 Å². The van der Waals surface area contributed by atoms with E-state index < -0.39 is 20.0 Å². The minimum absolute atomic E-state index is 0.224. The summed E-state index contributed by atoms with van der Waals surface area (Å²) in [5, 5.41) is 0. The highest BCUT2D eigenvalue weighted by molar-refractivity contribution is 7.89. The van der Waals surface area contributed by atoms with Gasteiger partial charge in [0.15, 0.2) is 0 Å². The first-order valence-corrected chi connectivity index (χ1v) is 17.1. The molecule has 0 unspecified atom stereocenters. The minimum atomic E-state index is -3.66. The van der Waals surface area contributed by atoms with Crippen LogP contribution in [0.2, 0.25) is 0 Å². The largest absolute Gasteiger partial charge is 0.299 e. The number of rotatable bonds is 18. The van der Waals surface area contributed by atoms with Crippen molar-refractivity contribution in [2.45, 2.75) is 43.0 Å². The molecule has 0 aliphatic rings. The van der Waals surface area contributed by atoms with E-state index in [1.807, 2.05) is 32.0 Å². The lowest BCUT2D eigenvalue weighted by Gasteiger charge is -2.27. The molecule has 0 atom stereocenters. The summed E-state index contributed by atoms with van der Waals surface area (Å²) in [4.78, 5) is 2.80. The zero-order valence-electron chi connectivity index (χ0n) is 24.7. The zero-order valence-corrected chi connectivity index (χ0v) is 26.4. The maximum atomic E-state index is 13.3. The first-order chi connectivity index (χ1) is 20.1. The summed E-state index contributed by atoms with van der Waals surface area (Å²) in [5.41, 5.74) is 3.14. The van der Waals surface area contributed by atoms with Crippen LogP contribution in [-0.4, -0.2) is 69.6 Å². The molecule has 0 radical (unpaired) electrons. The lowest BCUT2D eigenvalue weighted by atomic mass is 10.2. The highest BCUT2D eigenvalue weighted by atomic mass is 32.2. The van der Waals surface area contributed by atoms with Gasteiger partial charge in [0.05, 0.1) is 9.79 Å². The molecule has 0 heterocycles. The van der Waals surface area contributed by atoms with Crippen LogP contribution in [0.15, 0.2) is 114 Å². The highest BCUT2D eigenvalue weighted by Gasteiger charge is 2.25. The van der Waals surface area contributed by atoms with E-state index in [-0.39, 0.29) is 22.9 Å². The predicted molar refractivity (Wildman–Crippen MR) is 171 cm³/mol. The van der Waals surface area contributed by atoms with Gasteiger partial charge in [0.1, 0.15) is 0 Å². The van der Waals surface area contributed by atoms with E-state index in [0.717, 1.165) is 16.7 Å². The normalized spacial score (nSPS) is 12.2. The van der Waals surface area contributed by atoms with Gasteiger partial charge in [0.25, 0.3) is 0 Å². The molecule has 0 aromatic heterocycles. The molecule has 42 heavy (non-hydrogen) atoms. The Morgan fingerprint density at radius 2 is 1.00 bits per heavy atom. The number of hydrogen-bond acceptors (Lipinski definition) is 5. The van der Waals surface area contributed by atoms with Crippen LogP contribution in [0, 0.1) is 13.8 Å². The molecule has 0 spiro atoms. The SMILES string of the molecule is C=CCN(CCCN(CCCN(CC=C)S(=O)(=O)c1ccc(C)cc1)Cc1ccccc1)S(=O)(=O)c1ccc(C)cc1. The van der Waals surface area contributed by atoms with Crippen LogP contribution >= 0.6 is 0 Å². The van der Waals surface area contributed by atoms with E-state index >= 15 is 0 Å². The molecule has 7 nitrogen and oxygen atoms in total. The average molecular weight is 610 g/mol. The van der Waals surface area contributed by atoms with Crippen molar-refractivity contribution in [3.05, 3.63) is 121 Å². The fourth-order valence-electron chi connectivity index (χ4n) is 4.68. The standard InChI is InChI=1S/C33H43N3O4S2/c1-5-22-35(41(37,38)32-18-14-29(3)15-19-32)26-10-24-34(28-31-12-8-7-9-13-31)25-11-27-36(23-6-2)42(39,40)33-20-16-30(4)17-21-33/h5-9,12-21H,1-2,10-11,22-28H2,3-4H3. The quantitative estimate of drug-likeness (QED) is 0.175. The Morgan fingerprint density at radius 3 is 1.38 bits per heavy atom. The molecule has 3 aromatic rings. The summed E-state index contributed by atoms with van der Waals surface area (Å²) in [7, 11) is -7.31. The molecule has 0 bridgehead atoms. The molecule has 0 N–H and O–H groups in total. The van der Waals surface area contributed by atoms with Crippen LogP contribution in [0.5, 0.6) is 0 Å². The van der Waals surface area contributed by atoms with Gasteiger partial charge < -0.3 is 0 Å². The molecule has 9 heteroatoms. The lowest BCUT2D eigenvalue weighted by Crippen LogP contribution is -2.36. The van der Waals surface area contributed by atoms with Crippen molar-refractivity contribution in [3.8, 4) is 0 Å². The molecule has 3 aromatic carbocycles. The van der Waals surface area contributed by atoms with Gasteiger partial charge >= 0.3 is 0 Å². The second-order valence-corrected chi connectivity index (χ2v) is 14.3. The van der Waals surface area contributed by atoms with Crippen LogP contribution in [0.3, 0.4) is 0 Å². The van der Waals surface area contributed by atoms with Crippen molar-refractivity contribution in [3.63, 3.8) is 0 Å². The fraction of sp³-hybridized carbons (Fsp3) is 0.333. The molecule has 226 valence electrons. The Labute approximate surface area is 252 Å². The Bertz CT molecular complexity index is 1390. The first-order valence-electron chi connectivity index (χ1n) is 14.2. The number of hydrogen-bond donors (Lipinski definition) is 0. The number of aryl methyl sites for hydroxylation is 2. The van der Waals surface area contributed by atoms with Gasteiger partial charge in [-0.25, -0.2) is 16.8 Å². The molecule has 0 aliphatic carbocycles. The summed E-state index contributed by atoms with van der Waals surface area (Å²) >= 11 is 0. The Morgan fingerprint density at radius 1 is 0.595 bits per heavy atom. The smallest absolute Gasteiger partial charge is 0.243 e. The topological polar surface area (TPSA) is 78.0 Å². The van der Waals surface area contributed by atoms with Crippen molar-refractivity contribution in [2.75, 3.05) is 39.3 Å². The van der Waals surface area contributed by atoms with Crippen molar-refractivity contribution < 1.29 is 16.8 Å². The predicted octanol–water partition coefficient (Wildman–Crippen LogP) is 5.64. The van der Waals surface area contributed by atoms with Crippen molar-refractivity contribution in [2.24, 2.45) is 0 Å². The molecule has 3 rings (SSSR count). The van der Waals surface area contributed by atoms with Gasteiger partial charge in [0.2, 0.25) is 20.0 Å². The summed E-state index contributed by atoms with van der Waals surface area (Å²) in [6, 6.07) is 23.8. The van der Waals surface area contributed by atoms with Gasteiger partial charge in [-0.15, -0.1) is 13.2 Å². The van der Waals surface area contributed by atoms with Gasteiger partial charge in [-0.05, 0) is 69.6 Å². The molecule has 0 amide bonds. The van der Waals surface area contributed by atoms with Crippen LogP contribution < -0.4 is 0 Å². The van der Waals surface area contributed by atoms with Gasteiger partial charge in [-0.2, -0.15) is 8.61 Å². The molecule has 0 aliphatic heterocycles. The molecular formula is C33H43N3O4S2. The Kier molecular flexibility index (Phi) is 12.7. The van der Waals surface area contributed by atoms with Crippen LogP contribution in [0.25, 0.3) is 0 Å². The number of nitrogens with zero attached hydrogens (tertiary/aromatic N) is 3. The molecule has 0 fully saturated rings. The maximum absolute atomic E-state index is 13.3. The first kappa shape index (κ1) is 33.4. The maximum Gasteiger partial charge on any atom is 0.243 e. The minimum Gasteiger partial charge on any atom is -0.299 e. The lowest BCUT2D eigenvalue weighted by molar-refractivity contribution is 0.243. The van der Waals surface area contributed by atoms with Crippen molar-refractivity contribution >= 4 is 20.0 Å². The molecular weight excluding hydrogens is 567 g/mol. The number of sulfonamides is 2. The second-order valence-electron chi connectivity index (χ2n) is 10.4. The third-order valence-electron chi connectivity index (χ3n) is 7.00. The zero-order chi connectivity index (χ0) is 30.6. The average Bonchev–Trinajstić information content (AvgIpc) is 2.97. The van der Waals surface area contributed by atoms with Crippen molar-refractivity contribution in [1.82, 2.24) is 13.5 Å². The molecule has 0 saturated heterocycles. The third kappa shape index (κ3) is 9.47. The third-order valence-corrected chi connectivity index (χ3v) is 10.8. The highest BCUT2D eigenvalue weighted by Crippen LogP contribution is 2.19. The van der Waals surface area contributed by atoms with E-state index in [2.05, 4.69) is 30.2 Å². The van der Waals surface area contributed by atoms with Crippen LogP contribution in [0.4, 0.5) is 0 Å². The second kappa shape index (κ2) is 16.0.